The molecular formula is C24H30N2O3S. The van der Waals surface area contributed by atoms with E-state index in [4.69, 9.17) is 4.74 Å². The SMILES string of the molecule is CSc1nc2ccccc2n1CCCCOc1ccc(C(=O)CC(C)C)c(O)c1C. The van der Waals surface area contributed by atoms with Crippen molar-refractivity contribution in [3.63, 3.8) is 0 Å². The molecule has 6 heteroatoms. The minimum Gasteiger partial charge on any atom is -0.507 e. The van der Waals surface area contributed by atoms with E-state index in [1.165, 1.54) is 0 Å². The van der Waals surface area contributed by atoms with Crippen LogP contribution >= 0.6 is 11.8 Å². The van der Waals surface area contributed by atoms with Crippen LogP contribution in [0.4, 0.5) is 0 Å². The third-order valence-corrected chi connectivity index (χ3v) is 5.79. The Hall–Kier alpha value is -2.47. The highest BCUT2D eigenvalue weighted by molar-refractivity contribution is 7.98. The second-order valence-electron chi connectivity index (χ2n) is 7.90. The first-order valence-electron chi connectivity index (χ1n) is 10.4. The number of carbonyl (C=O) groups is 1. The van der Waals surface area contributed by atoms with E-state index in [9.17, 15) is 9.90 Å². The summed E-state index contributed by atoms with van der Waals surface area (Å²) in [5.74, 6) is 0.890. The summed E-state index contributed by atoms with van der Waals surface area (Å²) < 4.78 is 8.15. The van der Waals surface area contributed by atoms with Crippen LogP contribution in [0.15, 0.2) is 41.6 Å². The van der Waals surface area contributed by atoms with Crippen LogP contribution < -0.4 is 4.74 Å². The van der Waals surface area contributed by atoms with Crippen LogP contribution in [-0.4, -0.2) is 33.3 Å². The van der Waals surface area contributed by atoms with E-state index in [2.05, 4.69) is 15.6 Å². The van der Waals surface area contributed by atoms with Crippen molar-refractivity contribution in [1.29, 1.82) is 0 Å². The summed E-state index contributed by atoms with van der Waals surface area (Å²) in [6.45, 7) is 7.22. The van der Waals surface area contributed by atoms with Crippen molar-refractivity contribution in [1.82, 2.24) is 9.55 Å². The first-order valence-corrected chi connectivity index (χ1v) is 11.6. The number of ether oxygens (including phenoxy) is 1. The number of carbonyl (C=O) groups excluding carboxylic acids is 1. The number of fused-ring (bicyclic) bond motifs is 1. The number of imidazole rings is 1. The Kier molecular flexibility index (Phi) is 7.43. The number of aryl methyl sites for hydroxylation is 1. The molecule has 1 N–H and O–H groups in total. The average Bonchev–Trinajstić information content (AvgIpc) is 3.08. The second-order valence-corrected chi connectivity index (χ2v) is 8.67. The third kappa shape index (κ3) is 4.98. The summed E-state index contributed by atoms with van der Waals surface area (Å²) in [4.78, 5) is 17.0. The topological polar surface area (TPSA) is 64.4 Å². The molecule has 3 aromatic rings. The van der Waals surface area contributed by atoms with Gasteiger partial charge in [-0.2, -0.15) is 0 Å². The van der Waals surface area contributed by atoms with E-state index in [-0.39, 0.29) is 17.5 Å². The van der Waals surface area contributed by atoms with Gasteiger partial charge in [0.05, 0.1) is 23.2 Å². The lowest BCUT2D eigenvalue weighted by Gasteiger charge is -2.14. The summed E-state index contributed by atoms with van der Waals surface area (Å²) in [5, 5.41) is 11.5. The molecule has 0 saturated heterocycles. The van der Waals surface area contributed by atoms with E-state index in [1.807, 2.05) is 38.3 Å². The number of phenolic OH excluding ortho intramolecular Hbond substituents is 1. The maximum absolute atomic E-state index is 12.3. The van der Waals surface area contributed by atoms with Crippen molar-refractivity contribution < 1.29 is 14.6 Å². The molecule has 0 amide bonds. The van der Waals surface area contributed by atoms with Crippen LogP contribution in [0.5, 0.6) is 11.5 Å². The van der Waals surface area contributed by atoms with Crippen LogP contribution in [0.2, 0.25) is 0 Å². The van der Waals surface area contributed by atoms with Crippen LogP contribution in [0.1, 0.15) is 49.0 Å². The molecule has 1 aromatic heterocycles. The van der Waals surface area contributed by atoms with Crippen molar-refractivity contribution in [2.45, 2.75) is 51.7 Å². The lowest BCUT2D eigenvalue weighted by Crippen LogP contribution is -2.06. The minimum atomic E-state index is -0.0330. The third-order valence-electron chi connectivity index (χ3n) is 5.11. The van der Waals surface area contributed by atoms with Gasteiger partial charge in [-0.1, -0.05) is 37.7 Å². The zero-order chi connectivity index (χ0) is 21.7. The number of hydrogen-bond donors (Lipinski definition) is 1. The molecular weight excluding hydrogens is 396 g/mol. The van der Waals surface area contributed by atoms with Gasteiger partial charge in [-0.15, -0.1) is 0 Å². The average molecular weight is 427 g/mol. The molecule has 0 atom stereocenters. The summed E-state index contributed by atoms with van der Waals surface area (Å²) in [5.41, 5.74) is 3.18. The number of thioether (sulfide) groups is 1. The molecule has 5 nitrogen and oxygen atoms in total. The molecule has 0 aliphatic carbocycles. The monoisotopic (exact) mass is 426 g/mol. The lowest BCUT2D eigenvalue weighted by molar-refractivity contribution is 0.0965. The molecule has 0 unspecified atom stereocenters. The minimum absolute atomic E-state index is 0.0330. The highest BCUT2D eigenvalue weighted by Crippen LogP contribution is 2.32. The molecule has 0 aliphatic heterocycles. The number of ketones is 1. The fourth-order valence-electron chi connectivity index (χ4n) is 3.52. The van der Waals surface area contributed by atoms with Crippen molar-refractivity contribution in [3.8, 4) is 11.5 Å². The smallest absolute Gasteiger partial charge is 0.168 e. The number of hydrogen-bond acceptors (Lipinski definition) is 5. The van der Waals surface area contributed by atoms with Crippen LogP contribution in [0.25, 0.3) is 11.0 Å². The molecule has 1 heterocycles. The number of rotatable bonds is 10. The van der Waals surface area contributed by atoms with E-state index >= 15 is 0 Å². The van der Waals surface area contributed by atoms with Crippen LogP contribution in [0, 0.1) is 12.8 Å². The largest absolute Gasteiger partial charge is 0.507 e. The number of aromatic nitrogens is 2. The molecule has 0 fully saturated rings. The molecule has 2 aromatic carbocycles. The second kappa shape index (κ2) is 10.0. The Morgan fingerprint density at radius 2 is 1.97 bits per heavy atom. The molecule has 0 radical (unpaired) electrons. The summed E-state index contributed by atoms with van der Waals surface area (Å²) in [6, 6.07) is 11.7. The van der Waals surface area contributed by atoms with Crippen molar-refractivity contribution in [3.05, 3.63) is 47.5 Å². The first-order chi connectivity index (χ1) is 14.4. The van der Waals surface area contributed by atoms with Gasteiger partial charge in [0.2, 0.25) is 0 Å². The molecule has 0 bridgehead atoms. The Morgan fingerprint density at radius 1 is 1.20 bits per heavy atom. The number of aromatic hydroxyl groups is 1. The Balaban J connectivity index is 1.56. The highest BCUT2D eigenvalue weighted by Gasteiger charge is 2.17. The van der Waals surface area contributed by atoms with Crippen LogP contribution in [-0.2, 0) is 6.54 Å². The standard InChI is InChI=1S/C24H30N2O3S/c1-16(2)15-21(27)18-11-12-22(17(3)23(18)28)29-14-8-7-13-26-20-10-6-5-9-19(20)25-24(26)30-4/h5-6,9-12,16,28H,7-8,13-15H2,1-4H3. The van der Waals surface area contributed by atoms with Gasteiger partial charge in [0.15, 0.2) is 10.9 Å². The summed E-state index contributed by atoms with van der Waals surface area (Å²) in [7, 11) is 0. The zero-order valence-electron chi connectivity index (χ0n) is 18.1. The highest BCUT2D eigenvalue weighted by atomic mass is 32.2. The van der Waals surface area contributed by atoms with Gasteiger partial charge in [-0.25, -0.2) is 4.98 Å². The fraction of sp³-hybridized carbons (Fsp3) is 0.417. The maximum atomic E-state index is 12.3. The maximum Gasteiger partial charge on any atom is 0.168 e. The summed E-state index contributed by atoms with van der Waals surface area (Å²) in [6.07, 6.45) is 4.32. The molecule has 160 valence electrons. The van der Waals surface area contributed by atoms with Gasteiger partial charge in [0, 0.05) is 18.5 Å². The van der Waals surface area contributed by atoms with Gasteiger partial charge in [-0.05, 0) is 56.2 Å². The Bertz CT molecular complexity index is 1030. The van der Waals surface area contributed by atoms with Gasteiger partial charge in [-0.3, -0.25) is 4.79 Å². The van der Waals surface area contributed by atoms with E-state index < -0.39 is 0 Å². The van der Waals surface area contributed by atoms with Gasteiger partial charge >= 0.3 is 0 Å². The number of benzene rings is 2. The number of Topliss-reactive ketones (excluding diaryl/α,β-unsaturated/α-hetero) is 1. The van der Waals surface area contributed by atoms with Gasteiger partial charge in [0.1, 0.15) is 11.5 Å². The number of unbranched alkanes of at least 4 members (excludes halogenated alkanes) is 1. The van der Waals surface area contributed by atoms with Gasteiger partial charge in [0.25, 0.3) is 0 Å². The van der Waals surface area contributed by atoms with Gasteiger partial charge < -0.3 is 14.4 Å². The Morgan fingerprint density at radius 3 is 2.70 bits per heavy atom. The summed E-state index contributed by atoms with van der Waals surface area (Å²) >= 11 is 1.66. The zero-order valence-corrected chi connectivity index (χ0v) is 19.0. The predicted octanol–water partition coefficient (Wildman–Crippen LogP) is 5.86. The number of para-hydroxylation sites is 2. The van der Waals surface area contributed by atoms with E-state index in [0.29, 0.717) is 29.9 Å². The molecule has 0 aliphatic rings. The quantitative estimate of drug-likeness (QED) is 0.250. The predicted molar refractivity (Wildman–Crippen MR) is 123 cm³/mol. The molecule has 3 rings (SSSR count). The normalized spacial score (nSPS) is 11.4. The Labute approximate surface area is 182 Å². The molecule has 0 spiro atoms. The van der Waals surface area contributed by atoms with Crippen LogP contribution in [0.3, 0.4) is 0 Å². The number of phenols is 1. The van der Waals surface area contributed by atoms with E-state index in [0.717, 1.165) is 35.6 Å². The first kappa shape index (κ1) is 22.2. The molecule has 0 saturated carbocycles. The van der Waals surface area contributed by atoms with Crippen molar-refractivity contribution >= 4 is 28.6 Å². The van der Waals surface area contributed by atoms with Crippen molar-refractivity contribution in [2.24, 2.45) is 5.92 Å². The lowest BCUT2D eigenvalue weighted by atomic mass is 9.98. The molecule has 30 heavy (non-hydrogen) atoms. The fourth-order valence-corrected chi connectivity index (χ4v) is 4.12. The van der Waals surface area contributed by atoms with E-state index in [1.54, 1.807) is 30.8 Å². The van der Waals surface area contributed by atoms with Crippen molar-refractivity contribution in [2.75, 3.05) is 12.9 Å². The number of nitrogens with zero attached hydrogens (tertiary/aromatic N) is 2.